The third-order valence-corrected chi connectivity index (χ3v) is 9.25. The molecular weight excluding hydrogens is 589 g/mol. The van der Waals surface area contributed by atoms with E-state index in [0.29, 0.717) is 5.82 Å². The van der Waals surface area contributed by atoms with Crippen molar-refractivity contribution in [3.05, 3.63) is 158 Å². The number of hydrogen-bond donors (Lipinski definition) is 0. The summed E-state index contributed by atoms with van der Waals surface area (Å²) in [5, 5.41) is 6.79. The molecule has 4 aromatic heterocycles. The van der Waals surface area contributed by atoms with Crippen LogP contribution in [-0.4, -0.2) is 19.5 Å². The molecule has 5 nitrogen and oxygen atoms in total. The number of fused-ring (bicyclic) bond motifs is 10. The molecule has 10 aromatic rings. The summed E-state index contributed by atoms with van der Waals surface area (Å²) in [6.07, 6.45) is 3.78. The zero-order valence-corrected chi connectivity index (χ0v) is 25.7. The molecule has 5 heteroatoms. The van der Waals surface area contributed by atoms with Crippen LogP contribution in [-0.2, 0) is 0 Å². The Labute approximate surface area is 275 Å². The van der Waals surface area contributed by atoms with Gasteiger partial charge in [0.05, 0.1) is 39.7 Å². The van der Waals surface area contributed by atoms with Crippen molar-refractivity contribution in [2.75, 3.05) is 0 Å². The quantitative estimate of drug-likeness (QED) is 0.198. The van der Waals surface area contributed by atoms with Gasteiger partial charge in [-0.2, -0.15) is 0 Å². The topological polar surface area (TPSA) is 56.7 Å². The maximum Gasteiger partial charge on any atom is 0.162 e. The zero-order chi connectivity index (χ0) is 31.6. The van der Waals surface area contributed by atoms with Crippen molar-refractivity contribution < 1.29 is 4.42 Å². The summed E-state index contributed by atoms with van der Waals surface area (Å²) in [6, 6.07) is 50.2. The molecule has 10 rings (SSSR count). The van der Waals surface area contributed by atoms with Gasteiger partial charge in [-0.15, -0.1) is 0 Å². The largest absolute Gasteiger partial charge is 0.455 e. The van der Waals surface area contributed by atoms with Crippen LogP contribution in [0.1, 0.15) is 0 Å². The summed E-state index contributed by atoms with van der Waals surface area (Å²) in [4.78, 5) is 15.0. The number of furan rings is 1. The predicted octanol–water partition coefficient (Wildman–Crippen LogP) is 11.0. The summed E-state index contributed by atoms with van der Waals surface area (Å²) in [7, 11) is 0. The Bertz CT molecular complexity index is 2780. The lowest BCUT2D eigenvalue weighted by molar-refractivity contribution is 0.673. The highest BCUT2D eigenvalue weighted by atomic mass is 16.3. The number of pyridine rings is 1. The van der Waals surface area contributed by atoms with Crippen LogP contribution >= 0.6 is 0 Å². The highest BCUT2D eigenvalue weighted by Gasteiger charge is 2.23. The second-order valence-electron chi connectivity index (χ2n) is 12.0. The summed E-state index contributed by atoms with van der Waals surface area (Å²) in [5.74, 6) is 0.620. The van der Waals surface area contributed by atoms with E-state index in [1.807, 2.05) is 54.9 Å². The minimum Gasteiger partial charge on any atom is -0.455 e. The predicted molar refractivity (Wildman–Crippen MR) is 195 cm³/mol. The highest BCUT2D eigenvalue weighted by molar-refractivity contribution is 6.35. The van der Waals surface area contributed by atoms with E-state index in [1.165, 1.54) is 0 Å². The molecule has 0 aliphatic carbocycles. The van der Waals surface area contributed by atoms with Gasteiger partial charge < -0.3 is 8.98 Å². The van der Waals surface area contributed by atoms with Gasteiger partial charge in [-0.1, -0.05) is 121 Å². The van der Waals surface area contributed by atoms with Gasteiger partial charge in [0.25, 0.3) is 0 Å². The van der Waals surface area contributed by atoms with Crippen molar-refractivity contribution in [2.24, 2.45) is 0 Å². The van der Waals surface area contributed by atoms with Gasteiger partial charge in [-0.25, -0.2) is 9.97 Å². The van der Waals surface area contributed by atoms with Gasteiger partial charge in [-0.3, -0.25) is 4.98 Å². The molecule has 0 bridgehead atoms. The van der Waals surface area contributed by atoms with Gasteiger partial charge in [0.1, 0.15) is 11.2 Å². The lowest BCUT2D eigenvalue weighted by Crippen LogP contribution is -1.99. The molecule has 0 aliphatic heterocycles. The molecule has 0 unspecified atom stereocenters. The first-order valence-corrected chi connectivity index (χ1v) is 16.0. The molecule has 0 atom stereocenters. The Morgan fingerprint density at radius 2 is 1.08 bits per heavy atom. The van der Waals surface area contributed by atoms with Crippen molar-refractivity contribution in [2.45, 2.75) is 0 Å². The molecule has 0 fully saturated rings. The van der Waals surface area contributed by atoms with Crippen molar-refractivity contribution in [1.82, 2.24) is 19.5 Å². The van der Waals surface area contributed by atoms with Crippen LogP contribution in [0.2, 0.25) is 0 Å². The van der Waals surface area contributed by atoms with E-state index in [2.05, 4.69) is 108 Å². The van der Waals surface area contributed by atoms with Crippen LogP contribution in [0.15, 0.2) is 162 Å². The Morgan fingerprint density at radius 3 is 1.81 bits per heavy atom. The first kappa shape index (κ1) is 26.6. The van der Waals surface area contributed by atoms with Gasteiger partial charge in [0.15, 0.2) is 5.82 Å². The number of aromatic nitrogens is 4. The first-order valence-electron chi connectivity index (χ1n) is 16.0. The second-order valence-corrected chi connectivity index (χ2v) is 12.0. The number of benzene rings is 6. The van der Waals surface area contributed by atoms with E-state index >= 15 is 0 Å². The molecule has 0 radical (unpaired) electrons. The van der Waals surface area contributed by atoms with Gasteiger partial charge in [0, 0.05) is 44.4 Å². The molecule has 0 spiro atoms. The van der Waals surface area contributed by atoms with Crippen molar-refractivity contribution in [3.63, 3.8) is 0 Å². The third-order valence-electron chi connectivity index (χ3n) is 9.25. The Kier molecular flexibility index (Phi) is 5.81. The van der Waals surface area contributed by atoms with E-state index in [0.717, 1.165) is 88.3 Å². The van der Waals surface area contributed by atoms with Gasteiger partial charge in [-0.05, 0) is 29.7 Å². The highest BCUT2D eigenvalue weighted by Crippen LogP contribution is 2.45. The molecule has 0 aliphatic rings. The molecule has 4 heterocycles. The summed E-state index contributed by atoms with van der Waals surface area (Å²) < 4.78 is 9.00. The van der Waals surface area contributed by atoms with Crippen LogP contribution in [0.25, 0.3) is 94.1 Å². The van der Waals surface area contributed by atoms with Crippen LogP contribution in [0.3, 0.4) is 0 Å². The van der Waals surface area contributed by atoms with E-state index in [-0.39, 0.29) is 0 Å². The normalized spacial score (nSPS) is 11.8. The van der Waals surface area contributed by atoms with E-state index in [1.54, 1.807) is 0 Å². The fourth-order valence-corrected chi connectivity index (χ4v) is 7.15. The fraction of sp³-hybridized carbons (Fsp3) is 0. The Morgan fingerprint density at radius 1 is 0.479 bits per heavy atom. The monoisotopic (exact) mass is 614 g/mol. The molecule has 0 amide bonds. The summed E-state index contributed by atoms with van der Waals surface area (Å²) in [6.45, 7) is 0. The minimum atomic E-state index is 0.620. The minimum absolute atomic E-state index is 0.620. The van der Waals surface area contributed by atoms with Gasteiger partial charge >= 0.3 is 0 Å². The molecule has 0 saturated heterocycles. The molecule has 48 heavy (non-hydrogen) atoms. The average Bonchev–Trinajstić information content (AvgIpc) is 3.72. The lowest BCUT2D eigenvalue weighted by atomic mass is 9.99. The number of rotatable bonds is 4. The lowest BCUT2D eigenvalue weighted by Gasteiger charge is -2.12. The SMILES string of the molecule is c1ccc(-c2cc(-c3ccccc3)nc(-c3cncc(-n4c5ccccc5c5c6oc7ccccc7c6c6ccccc6c54)c3)n2)cc1. The van der Waals surface area contributed by atoms with Crippen LogP contribution in [0.5, 0.6) is 0 Å². The summed E-state index contributed by atoms with van der Waals surface area (Å²) >= 11 is 0. The maximum absolute atomic E-state index is 6.69. The van der Waals surface area contributed by atoms with Crippen LogP contribution < -0.4 is 0 Å². The number of nitrogens with zero attached hydrogens (tertiary/aromatic N) is 4. The average molecular weight is 615 g/mol. The standard InChI is InChI=1S/C43H26N4O/c1-3-13-27(14-4-1)35-24-36(28-15-5-2-6-16-28)46-43(45-35)29-23-30(26-44-25-29)47-37-21-11-9-19-33(37)40-41(47)32-18-8-7-17-31(32)39-34-20-10-12-22-38(34)48-42(39)40/h1-26H. The van der Waals surface area contributed by atoms with Crippen molar-refractivity contribution >= 4 is 54.5 Å². The van der Waals surface area contributed by atoms with E-state index in [9.17, 15) is 0 Å². The molecule has 0 saturated carbocycles. The van der Waals surface area contributed by atoms with Crippen molar-refractivity contribution in [3.8, 4) is 39.6 Å². The first-order chi connectivity index (χ1) is 23.8. The fourth-order valence-electron chi connectivity index (χ4n) is 7.15. The second kappa shape index (κ2) is 10.5. The van der Waals surface area contributed by atoms with E-state index in [4.69, 9.17) is 19.4 Å². The van der Waals surface area contributed by atoms with Crippen LogP contribution in [0, 0.1) is 0 Å². The smallest absolute Gasteiger partial charge is 0.162 e. The summed E-state index contributed by atoms with van der Waals surface area (Å²) in [5.41, 5.74) is 9.49. The maximum atomic E-state index is 6.69. The molecular formula is C43H26N4O. The number of hydrogen-bond acceptors (Lipinski definition) is 4. The Hall–Kier alpha value is -6.59. The molecule has 0 N–H and O–H groups in total. The van der Waals surface area contributed by atoms with Crippen LogP contribution in [0.4, 0.5) is 0 Å². The number of para-hydroxylation sites is 2. The third kappa shape index (κ3) is 4.01. The molecule has 6 aromatic carbocycles. The van der Waals surface area contributed by atoms with Gasteiger partial charge in [0.2, 0.25) is 0 Å². The molecule has 224 valence electrons. The van der Waals surface area contributed by atoms with Crippen molar-refractivity contribution in [1.29, 1.82) is 0 Å². The Balaban J connectivity index is 1.27. The van der Waals surface area contributed by atoms with E-state index < -0.39 is 0 Å². The zero-order valence-electron chi connectivity index (χ0n) is 25.7.